The summed E-state index contributed by atoms with van der Waals surface area (Å²) in [4.78, 5) is 0. The van der Waals surface area contributed by atoms with Crippen molar-refractivity contribution in [2.75, 3.05) is 18.5 Å². The number of nitrogens with one attached hydrogen (secondary N) is 1. The lowest BCUT2D eigenvalue weighted by molar-refractivity contribution is 0.0869. The third kappa shape index (κ3) is 2.18. The molecule has 1 aromatic rings. The van der Waals surface area contributed by atoms with Crippen molar-refractivity contribution in [3.8, 4) is 0 Å². The van der Waals surface area contributed by atoms with Gasteiger partial charge in [-0.2, -0.15) is 0 Å². The smallest absolute Gasteiger partial charge is 0.315 e. The molecule has 5 heteroatoms. The molecule has 2 rings (SSSR count). The van der Waals surface area contributed by atoms with E-state index >= 15 is 0 Å². The van der Waals surface area contributed by atoms with Gasteiger partial charge in [0.15, 0.2) is 0 Å². The molecule has 1 N–H and O–H groups in total. The van der Waals surface area contributed by atoms with E-state index in [1.165, 1.54) is 0 Å². The molecule has 0 amide bonds. The number of hydrogen-bond donors (Lipinski definition) is 1. The molecule has 0 radical (unpaired) electrons. The number of ether oxygens (including phenoxy) is 1. The fraction of sp³-hybridized carbons (Fsp3) is 0.750. The van der Waals surface area contributed by atoms with Crippen molar-refractivity contribution in [1.82, 2.24) is 10.2 Å². The Balaban J connectivity index is 1.89. The zero-order chi connectivity index (χ0) is 9.10. The highest BCUT2D eigenvalue weighted by Gasteiger charge is 2.15. The molecule has 1 saturated heterocycles. The zero-order valence-corrected chi connectivity index (χ0v) is 7.62. The van der Waals surface area contributed by atoms with Gasteiger partial charge < -0.3 is 14.5 Å². The van der Waals surface area contributed by atoms with Crippen molar-refractivity contribution in [1.29, 1.82) is 0 Å². The topological polar surface area (TPSA) is 60.2 Å². The third-order valence-corrected chi connectivity index (χ3v) is 2.01. The second-order valence-electron chi connectivity index (χ2n) is 3.18. The molecule has 2 heterocycles. The van der Waals surface area contributed by atoms with Crippen molar-refractivity contribution >= 4 is 6.01 Å². The summed E-state index contributed by atoms with van der Waals surface area (Å²) in [6.07, 6.45) is 2.19. The van der Waals surface area contributed by atoms with E-state index in [2.05, 4.69) is 15.5 Å². The Hall–Kier alpha value is -1.10. The van der Waals surface area contributed by atoms with Crippen LogP contribution in [0.25, 0.3) is 0 Å². The highest BCUT2D eigenvalue weighted by molar-refractivity contribution is 5.19. The Kier molecular flexibility index (Phi) is 2.44. The predicted molar refractivity (Wildman–Crippen MR) is 46.5 cm³/mol. The minimum absolute atomic E-state index is 0.314. The first-order valence-electron chi connectivity index (χ1n) is 4.49. The van der Waals surface area contributed by atoms with Gasteiger partial charge in [-0.25, -0.2) is 0 Å². The van der Waals surface area contributed by atoms with Crippen LogP contribution in [0.15, 0.2) is 4.42 Å². The molecule has 1 aliphatic rings. The van der Waals surface area contributed by atoms with E-state index < -0.39 is 0 Å². The summed E-state index contributed by atoms with van der Waals surface area (Å²) in [7, 11) is 0. The van der Waals surface area contributed by atoms with Crippen LogP contribution in [-0.4, -0.2) is 29.5 Å². The molecule has 13 heavy (non-hydrogen) atoms. The van der Waals surface area contributed by atoms with Gasteiger partial charge in [0.05, 0.1) is 12.6 Å². The fourth-order valence-corrected chi connectivity index (χ4v) is 1.38. The first-order valence-corrected chi connectivity index (χ1v) is 4.49. The molecule has 0 aromatic carbocycles. The second kappa shape index (κ2) is 3.74. The van der Waals surface area contributed by atoms with E-state index in [0.29, 0.717) is 17.9 Å². The quantitative estimate of drug-likeness (QED) is 0.740. The second-order valence-corrected chi connectivity index (χ2v) is 3.18. The number of rotatable bonds is 2. The maximum Gasteiger partial charge on any atom is 0.315 e. The van der Waals surface area contributed by atoms with E-state index in [1.807, 2.05) is 0 Å². The maximum absolute atomic E-state index is 5.31. The van der Waals surface area contributed by atoms with Crippen molar-refractivity contribution in [2.45, 2.75) is 25.8 Å². The van der Waals surface area contributed by atoms with Gasteiger partial charge in [-0.1, -0.05) is 5.10 Å². The molecule has 0 spiro atoms. The third-order valence-electron chi connectivity index (χ3n) is 2.01. The summed E-state index contributed by atoms with van der Waals surface area (Å²) < 4.78 is 10.5. The van der Waals surface area contributed by atoms with Crippen LogP contribution in [-0.2, 0) is 4.74 Å². The van der Waals surface area contributed by atoms with Gasteiger partial charge in [-0.15, -0.1) is 5.10 Å². The number of aryl methyl sites for hydroxylation is 1. The van der Waals surface area contributed by atoms with Crippen LogP contribution in [0.2, 0.25) is 0 Å². The van der Waals surface area contributed by atoms with Crippen molar-refractivity contribution in [2.24, 2.45) is 0 Å². The van der Waals surface area contributed by atoms with Crippen LogP contribution >= 0.6 is 0 Å². The lowest BCUT2D eigenvalue weighted by Crippen LogP contribution is -2.30. The Morgan fingerprint density at radius 2 is 2.38 bits per heavy atom. The van der Waals surface area contributed by atoms with Crippen LogP contribution in [0.5, 0.6) is 0 Å². The first-order chi connectivity index (χ1) is 6.34. The van der Waals surface area contributed by atoms with Gasteiger partial charge in [0.2, 0.25) is 5.89 Å². The molecular formula is C8H13N3O2. The SMILES string of the molecule is Cc1nnc(N[C@@H]2CCCOC2)o1. The lowest BCUT2D eigenvalue weighted by atomic mass is 10.1. The van der Waals surface area contributed by atoms with Crippen LogP contribution < -0.4 is 5.32 Å². The molecule has 1 fully saturated rings. The van der Waals surface area contributed by atoms with Crippen LogP contribution in [0.3, 0.4) is 0 Å². The summed E-state index contributed by atoms with van der Waals surface area (Å²) in [6.45, 7) is 3.36. The fourth-order valence-electron chi connectivity index (χ4n) is 1.38. The molecule has 5 nitrogen and oxygen atoms in total. The van der Waals surface area contributed by atoms with Gasteiger partial charge in [0.1, 0.15) is 0 Å². The average Bonchev–Trinajstić information content (AvgIpc) is 2.53. The molecule has 0 saturated carbocycles. The number of nitrogens with zero attached hydrogens (tertiary/aromatic N) is 2. The molecule has 72 valence electrons. The number of hydrogen-bond acceptors (Lipinski definition) is 5. The minimum atomic E-state index is 0.314. The van der Waals surface area contributed by atoms with Crippen LogP contribution in [0.1, 0.15) is 18.7 Å². The summed E-state index contributed by atoms with van der Waals surface area (Å²) >= 11 is 0. The molecule has 0 unspecified atom stereocenters. The number of anilines is 1. The van der Waals surface area contributed by atoms with E-state index in [4.69, 9.17) is 9.15 Å². The average molecular weight is 183 g/mol. The van der Waals surface area contributed by atoms with Crippen molar-refractivity contribution in [3.05, 3.63) is 5.89 Å². The molecule has 1 atom stereocenters. The standard InChI is InChI=1S/C8H13N3O2/c1-6-10-11-8(13-6)9-7-3-2-4-12-5-7/h7H,2-5H2,1H3,(H,9,11)/t7-/m1/s1. The summed E-state index contributed by atoms with van der Waals surface area (Å²) in [5.74, 6) is 0.583. The summed E-state index contributed by atoms with van der Waals surface area (Å²) in [6, 6.07) is 0.807. The Bertz CT molecular complexity index is 268. The van der Waals surface area contributed by atoms with Crippen molar-refractivity contribution in [3.63, 3.8) is 0 Å². The minimum Gasteiger partial charge on any atom is -0.408 e. The van der Waals surface area contributed by atoms with Gasteiger partial charge >= 0.3 is 6.01 Å². The first kappa shape index (κ1) is 8.50. The van der Waals surface area contributed by atoms with E-state index in [0.717, 1.165) is 26.1 Å². The van der Waals surface area contributed by atoms with E-state index in [-0.39, 0.29) is 0 Å². The van der Waals surface area contributed by atoms with Crippen LogP contribution in [0, 0.1) is 6.92 Å². The van der Waals surface area contributed by atoms with Gasteiger partial charge in [0.25, 0.3) is 0 Å². The normalized spacial score (nSPS) is 23.0. The van der Waals surface area contributed by atoms with Gasteiger partial charge in [-0.3, -0.25) is 0 Å². The molecule has 1 aromatic heterocycles. The van der Waals surface area contributed by atoms with E-state index in [9.17, 15) is 0 Å². The van der Waals surface area contributed by atoms with Gasteiger partial charge in [0, 0.05) is 13.5 Å². The van der Waals surface area contributed by atoms with E-state index in [1.54, 1.807) is 6.92 Å². The van der Waals surface area contributed by atoms with Crippen LogP contribution in [0.4, 0.5) is 6.01 Å². The maximum atomic E-state index is 5.31. The molecule has 0 aliphatic carbocycles. The largest absolute Gasteiger partial charge is 0.408 e. The Morgan fingerprint density at radius 1 is 1.46 bits per heavy atom. The van der Waals surface area contributed by atoms with Gasteiger partial charge in [-0.05, 0) is 12.8 Å². The summed E-state index contributed by atoms with van der Waals surface area (Å²) in [5.41, 5.74) is 0. The summed E-state index contributed by atoms with van der Waals surface area (Å²) in [5, 5.41) is 10.7. The Labute approximate surface area is 76.5 Å². The zero-order valence-electron chi connectivity index (χ0n) is 7.62. The predicted octanol–water partition coefficient (Wildman–Crippen LogP) is 0.969. The molecule has 1 aliphatic heterocycles. The van der Waals surface area contributed by atoms with Crippen molar-refractivity contribution < 1.29 is 9.15 Å². The highest BCUT2D eigenvalue weighted by atomic mass is 16.5. The monoisotopic (exact) mass is 183 g/mol. The Morgan fingerprint density at radius 3 is 3.00 bits per heavy atom. The lowest BCUT2D eigenvalue weighted by Gasteiger charge is -2.21. The molecular weight excluding hydrogens is 170 g/mol. The number of aromatic nitrogens is 2. The molecule has 0 bridgehead atoms. The highest BCUT2D eigenvalue weighted by Crippen LogP contribution is 2.12.